The van der Waals surface area contributed by atoms with Gasteiger partial charge in [0.1, 0.15) is 0 Å². The number of aliphatic hydroxyl groups is 1. The van der Waals surface area contributed by atoms with Gasteiger partial charge in [0, 0.05) is 18.3 Å². The Morgan fingerprint density at radius 3 is 2.61 bits per heavy atom. The average molecular weight is 327 g/mol. The van der Waals surface area contributed by atoms with Gasteiger partial charge in [0.05, 0.1) is 5.75 Å². The Morgan fingerprint density at radius 1 is 1.22 bits per heavy atom. The van der Waals surface area contributed by atoms with Crippen LogP contribution in [0.4, 0.5) is 5.82 Å². The molecule has 4 nitrogen and oxygen atoms in total. The van der Waals surface area contributed by atoms with Crippen LogP contribution in [0.1, 0.15) is 25.0 Å². The summed E-state index contributed by atoms with van der Waals surface area (Å²) in [5.74, 6) is 1.23. The number of amidine groups is 1. The van der Waals surface area contributed by atoms with Crippen LogP contribution in [-0.2, 0) is 12.1 Å². The lowest BCUT2D eigenvalue weighted by Crippen LogP contribution is -2.44. The summed E-state index contributed by atoms with van der Waals surface area (Å²) in [7, 11) is 0. The number of rotatable bonds is 4. The number of aliphatic imine (C=N–C) groups is 1. The molecule has 0 radical (unpaired) electrons. The first kappa shape index (κ1) is 16.0. The molecule has 120 valence electrons. The molecule has 5 heteroatoms. The van der Waals surface area contributed by atoms with Gasteiger partial charge in [-0.1, -0.05) is 49.0 Å². The molecule has 0 saturated carbocycles. The minimum atomic E-state index is -1.01. The van der Waals surface area contributed by atoms with Crippen molar-refractivity contribution in [3.63, 3.8) is 0 Å². The second-order valence-electron chi connectivity index (χ2n) is 5.48. The van der Waals surface area contributed by atoms with E-state index in [2.05, 4.69) is 29.0 Å². The second kappa shape index (κ2) is 6.72. The lowest BCUT2D eigenvalue weighted by molar-refractivity contribution is -0.0452. The van der Waals surface area contributed by atoms with Crippen LogP contribution < -0.4 is 0 Å². The fourth-order valence-electron chi connectivity index (χ4n) is 2.73. The number of aromatic nitrogens is 1. The highest BCUT2D eigenvalue weighted by Crippen LogP contribution is 2.39. The Morgan fingerprint density at radius 2 is 2.00 bits per heavy atom. The second-order valence-corrected chi connectivity index (χ2v) is 6.42. The van der Waals surface area contributed by atoms with Crippen LogP contribution in [0.2, 0.25) is 0 Å². The standard InChI is InChI=1S/C18H21N3OS/c1-3-14-8-10-15(11-9-14)18(22)13-23-17(21(18)4-2)20-16-7-5-6-12-19-16/h5-12,22H,3-4,13H2,1-2H3. The van der Waals surface area contributed by atoms with E-state index in [0.29, 0.717) is 18.1 Å². The van der Waals surface area contributed by atoms with Crippen molar-refractivity contribution in [2.24, 2.45) is 4.99 Å². The molecule has 3 rings (SSSR count). The van der Waals surface area contributed by atoms with Gasteiger partial charge in [-0.25, -0.2) is 9.98 Å². The molecule has 1 aromatic carbocycles. The predicted molar refractivity (Wildman–Crippen MR) is 95.9 cm³/mol. The van der Waals surface area contributed by atoms with Crippen molar-refractivity contribution in [3.05, 3.63) is 59.8 Å². The van der Waals surface area contributed by atoms with Crippen molar-refractivity contribution in [2.75, 3.05) is 12.3 Å². The van der Waals surface area contributed by atoms with Crippen molar-refractivity contribution < 1.29 is 5.11 Å². The zero-order valence-electron chi connectivity index (χ0n) is 13.4. The molecule has 23 heavy (non-hydrogen) atoms. The normalized spacial score (nSPS) is 22.7. The number of nitrogens with zero attached hydrogens (tertiary/aromatic N) is 3. The molecule has 1 N–H and O–H groups in total. The van der Waals surface area contributed by atoms with E-state index in [1.807, 2.05) is 42.2 Å². The fraction of sp³-hybridized carbons (Fsp3) is 0.333. The summed E-state index contributed by atoms with van der Waals surface area (Å²) in [6.07, 6.45) is 2.72. The zero-order valence-corrected chi connectivity index (χ0v) is 14.3. The van der Waals surface area contributed by atoms with Crippen LogP contribution in [0.15, 0.2) is 53.7 Å². The Kier molecular flexibility index (Phi) is 4.68. The van der Waals surface area contributed by atoms with E-state index < -0.39 is 5.72 Å². The summed E-state index contributed by atoms with van der Waals surface area (Å²) in [5, 5.41) is 12.1. The van der Waals surface area contributed by atoms with E-state index in [4.69, 9.17) is 0 Å². The van der Waals surface area contributed by atoms with Crippen LogP contribution in [0, 0.1) is 0 Å². The number of pyridine rings is 1. The van der Waals surface area contributed by atoms with E-state index >= 15 is 0 Å². The zero-order chi connectivity index (χ0) is 16.3. The third kappa shape index (κ3) is 3.12. The van der Waals surface area contributed by atoms with Gasteiger partial charge in [0.2, 0.25) is 0 Å². The minimum Gasteiger partial charge on any atom is -0.366 e. The topological polar surface area (TPSA) is 48.7 Å². The van der Waals surface area contributed by atoms with Crippen molar-refractivity contribution in [1.82, 2.24) is 9.88 Å². The van der Waals surface area contributed by atoms with Gasteiger partial charge in [-0.05, 0) is 31.0 Å². The van der Waals surface area contributed by atoms with Crippen LogP contribution >= 0.6 is 11.8 Å². The molecular weight excluding hydrogens is 306 g/mol. The summed E-state index contributed by atoms with van der Waals surface area (Å²) in [6.45, 7) is 4.85. The summed E-state index contributed by atoms with van der Waals surface area (Å²) in [5.41, 5.74) is 1.17. The van der Waals surface area contributed by atoms with E-state index in [-0.39, 0.29) is 0 Å². The first-order valence-corrected chi connectivity index (χ1v) is 8.88. The van der Waals surface area contributed by atoms with Crippen molar-refractivity contribution in [3.8, 4) is 0 Å². The molecule has 1 aliphatic rings. The number of thioether (sulfide) groups is 1. The lowest BCUT2D eigenvalue weighted by Gasteiger charge is -2.33. The molecule has 0 spiro atoms. The Labute approximate surface area is 141 Å². The number of hydrogen-bond acceptors (Lipinski definition) is 4. The van der Waals surface area contributed by atoms with Gasteiger partial charge in [-0.15, -0.1) is 0 Å². The predicted octanol–water partition coefficient (Wildman–Crippen LogP) is 3.55. The first-order chi connectivity index (χ1) is 11.2. The Hall–Kier alpha value is -1.85. The summed E-state index contributed by atoms with van der Waals surface area (Å²) >= 11 is 1.57. The maximum atomic E-state index is 11.2. The molecular formula is C18H21N3OS. The van der Waals surface area contributed by atoms with E-state index in [1.165, 1.54) is 5.56 Å². The monoisotopic (exact) mass is 327 g/mol. The molecule has 2 heterocycles. The van der Waals surface area contributed by atoms with Gasteiger partial charge in [-0.3, -0.25) is 0 Å². The van der Waals surface area contributed by atoms with Crippen LogP contribution in [0.3, 0.4) is 0 Å². The van der Waals surface area contributed by atoms with Gasteiger partial charge < -0.3 is 10.0 Å². The third-order valence-corrected chi connectivity index (χ3v) is 5.20. The Bertz CT molecular complexity index is 687. The number of hydrogen-bond donors (Lipinski definition) is 1. The molecule has 0 aliphatic carbocycles. The summed E-state index contributed by atoms with van der Waals surface area (Å²) < 4.78 is 0. The molecule has 1 aliphatic heterocycles. The maximum Gasteiger partial charge on any atom is 0.175 e. The molecule has 1 saturated heterocycles. The SMILES string of the molecule is CCc1ccc(C2(O)CSC(=Nc3ccccn3)N2CC)cc1. The van der Waals surface area contributed by atoms with Crippen LogP contribution in [-0.4, -0.2) is 32.5 Å². The number of benzene rings is 1. The van der Waals surface area contributed by atoms with Crippen molar-refractivity contribution >= 4 is 22.7 Å². The maximum absolute atomic E-state index is 11.2. The fourth-order valence-corrected chi connectivity index (χ4v) is 3.98. The van der Waals surface area contributed by atoms with E-state index in [9.17, 15) is 5.11 Å². The van der Waals surface area contributed by atoms with E-state index in [1.54, 1.807) is 18.0 Å². The van der Waals surface area contributed by atoms with Gasteiger partial charge in [0.15, 0.2) is 16.7 Å². The highest BCUT2D eigenvalue weighted by Gasteiger charge is 2.44. The van der Waals surface area contributed by atoms with E-state index in [0.717, 1.165) is 17.2 Å². The molecule has 0 bridgehead atoms. The van der Waals surface area contributed by atoms with Gasteiger partial charge in [0.25, 0.3) is 0 Å². The highest BCUT2D eigenvalue weighted by atomic mass is 32.2. The highest BCUT2D eigenvalue weighted by molar-refractivity contribution is 8.14. The summed E-state index contributed by atoms with van der Waals surface area (Å²) in [6, 6.07) is 13.9. The smallest absolute Gasteiger partial charge is 0.175 e. The molecule has 1 aromatic heterocycles. The lowest BCUT2D eigenvalue weighted by atomic mass is 10.0. The quantitative estimate of drug-likeness (QED) is 0.933. The van der Waals surface area contributed by atoms with Crippen molar-refractivity contribution in [2.45, 2.75) is 26.0 Å². The molecule has 1 atom stereocenters. The van der Waals surface area contributed by atoms with Crippen molar-refractivity contribution in [1.29, 1.82) is 0 Å². The largest absolute Gasteiger partial charge is 0.366 e. The summed E-state index contributed by atoms with van der Waals surface area (Å²) in [4.78, 5) is 10.8. The van der Waals surface area contributed by atoms with Gasteiger partial charge in [-0.2, -0.15) is 0 Å². The van der Waals surface area contributed by atoms with Gasteiger partial charge >= 0.3 is 0 Å². The van der Waals surface area contributed by atoms with Crippen LogP contribution in [0.25, 0.3) is 0 Å². The minimum absolute atomic E-state index is 0.567. The molecule has 0 amide bonds. The first-order valence-electron chi connectivity index (χ1n) is 7.89. The average Bonchev–Trinajstić information content (AvgIpc) is 2.92. The molecule has 1 unspecified atom stereocenters. The number of aryl methyl sites for hydroxylation is 1. The van der Waals surface area contributed by atoms with Crippen LogP contribution in [0.5, 0.6) is 0 Å². The molecule has 2 aromatic rings. The Balaban J connectivity index is 1.92. The molecule has 1 fully saturated rings. The third-order valence-electron chi connectivity index (χ3n) is 4.08.